The minimum atomic E-state index is -0.874. The molecule has 1 saturated heterocycles. The molecule has 4 amide bonds. The van der Waals surface area contributed by atoms with Crippen LogP contribution in [0.15, 0.2) is 35.2 Å². The Morgan fingerprint density at radius 3 is 2.63 bits per heavy atom. The quantitative estimate of drug-likeness (QED) is 0.427. The number of rotatable bonds is 7. The van der Waals surface area contributed by atoms with Crippen molar-refractivity contribution in [2.45, 2.75) is 49.5 Å². The normalized spacial score (nSPS) is 23.4. The first-order valence-corrected chi connectivity index (χ1v) is 10.6. The fraction of sp³-hybridized carbons (Fsp3) is 0.550. The molecule has 0 radical (unpaired) electrons. The third-order valence-electron chi connectivity index (χ3n) is 5.46. The van der Waals surface area contributed by atoms with Crippen LogP contribution in [-0.4, -0.2) is 47.1 Å². The molecule has 0 aromatic heterocycles. The minimum Gasteiger partial charge on any atom is -0.354 e. The minimum absolute atomic E-state index is 0.151. The number of carbonyl (C=O) groups excluding carboxylic acids is 3. The molecule has 1 aromatic rings. The second kappa shape index (κ2) is 8.78. The largest absolute Gasteiger partial charge is 0.354 e. The van der Waals surface area contributed by atoms with Gasteiger partial charge >= 0.3 is 6.03 Å². The second-order valence-electron chi connectivity index (χ2n) is 7.37. The first-order chi connectivity index (χ1) is 13.0. The summed E-state index contributed by atoms with van der Waals surface area (Å²) in [5, 5.41) is 5.64. The van der Waals surface area contributed by atoms with Crippen molar-refractivity contribution in [3.05, 3.63) is 30.3 Å². The van der Waals surface area contributed by atoms with Gasteiger partial charge in [-0.25, -0.2) is 4.79 Å². The summed E-state index contributed by atoms with van der Waals surface area (Å²) >= 11 is 1.65. The van der Waals surface area contributed by atoms with E-state index < -0.39 is 11.6 Å². The lowest BCUT2D eigenvalue weighted by Gasteiger charge is -2.34. The lowest BCUT2D eigenvalue weighted by Crippen LogP contribution is -2.51. The Morgan fingerprint density at radius 1 is 1.22 bits per heavy atom. The number of benzene rings is 1. The Balaban J connectivity index is 1.47. The van der Waals surface area contributed by atoms with E-state index in [0.29, 0.717) is 6.54 Å². The highest BCUT2D eigenvalue weighted by Crippen LogP contribution is 2.36. The van der Waals surface area contributed by atoms with Crippen molar-refractivity contribution in [1.82, 2.24) is 15.5 Å². The highest BCUT2D eigenvalue weighted by Gasteiger charge is 2.52. The SMILES string of the molecule is C[C@@]1(C2CCCCC2)NC(=O)N(CC(=O)NCCSc2ccccc2)C1=O. The molecule has 27 heavy (non-hydrogen) atoms. The smallest absolute Gasteiger partial charge is 0.325 e. The molecule has 6 nitrogen and oxygen atoms in total. The number of amides is 4. The summed E-state index contributed by atoms with van der Waals surface area (Å²) in [7, 11) is 0. The monoisotopic (exact) mass is 389 g/mol. The van der Waals surface area contributed by atoms with Crippen LogP contribution in [0.25, 0.3) is 0 Å². The molecular formula is C20H27N3O3S. The molecule has 1 aliphatic heterocycles. The number of carbonyl (C=O) groups is 3. The maximum absolute atomic E-state index is 12.8. The van der Waals surface area contributed by atoms with E-state index in [2.05, 4.69) is 10.6 Å². The van der Waals surface area contributed by atoms with E-state index in [-0.39, 0.29) is 24.3 Å². The molecule has 1 heterocycles. The fourth-order valence-electron chi connectivity index (χ4n) is 3.89. The van der Waals surface area contributed by atoms with Crippen molar-refractivity contribution in [3.8, 4) is 0 Å². The molecule has 1 aliphatic carbocycles. The van der Waals surface area contributed by atoms with E-state index in [4.69, 9.17) is 0 Å². The summed E-state index contributed by atoms with van der Waals surface area (Å²) in [6.07, 6.45) is 5.24. The molecule has 7 heteroatoms. The summed E-state index contributed by atoms with van der Waals surface area (Å²) in [4.78, 5) is 39.6. The molecule has 1 atom stereocenters. The van der Waals surface area contributed by atoms with Crippen LogP contribution in [0.5, 0.6) is 0 Å². The van der Waals surface area contributed by atoms with Gasteiger partial charge in [-0.1, -0.05) is 37.5 Å². The summed E-state index contributed by atoms with van der Waals surface area (Å²) in [6, 6.07) is 9.49. The van der Waals surface area contributed by atoms with Gasteiger partial charge in [0.15, 0.2) is 0 Å². The fourth-order valence-corrected chi connectivity index (χ4v) is 4.68. The van der Waals surface area contributed by atoms with Crippen molar-refractivity contribution in [2.75, 3.05) is 18.8 Å². The first kappa shape index (κ1) is 19.7. The molecule has 0 unspecified atom stereocenters. The summed E-state index contributed by atoms with van der Waals surface area (Å²) in [6.45, 7) is 2.07. The van der Waals surface area contributed by atoms with Gasteiger partial charge in [0.05, 0.1) is 0 Å². The standard InChI is InChI=1S/C20H27N3O3S/c1-20(15-8-4-2-5-9-15)18(25)23(19(26)22-20)14-17(24)21-12-13-27-16-10-6-3-7-11-16/h3,6-7,10-11,15H,2,4-5,8-9,12-14H2,1H3,(H,21,24)(H,22,26)/t20-/m0/s1. The highest BCUT2D eigenvalue weighted by atomic mass is 32.2. The average molecular weight is 390 g/mol. The lowest BCUT2D eigenvalue weighted by molar-refractivity contribution is -0.136. The predicted octanol–water partition coefficient (Wildman–Crippen LogP) is 2.79. The number of nitrogens with one attached hydrogen (secondary N) is 2. The van der Waals surface area contributed by atoms with Crippen LogP contribution in [0.4, 0.5) is 4.79 Å². The highest BCUT2D eigenvalue weighted by molar-refractivity contribution is 7.99. The van der Waals surface area contributed by atoms with Gasteiger partial charge in [-0.3, -0.25) is 14.5 Å². The van der Waals surface area contributed by atoms with Crippen LogP contribution in [0.1, 0.15) is 39.0 Å². The maximum Gasteiger partial charge on any atom is 0.325 e. The van der Waals surface area contributed by atoms with E-state index in [1.54, 1.807) is 18.7 Å². The molecule has 2 N–H and O–H groups in total. The topological polar surface area (TPSA) is 78.5 Å². The van der Waals surface area contributed by atoms with Gasteiger partial charge < -0.3 is 10.6 Å². The number of urea groups is 1. The van der Waals surface area contributed by atoms with E-state index in [1.807, 2.05) is 30.3 Å². The Bertz CT molecular complexity index is 691. The Hall–Kier alpha value is -2.02. The van der Waals surface area contributed by atoms with Gasteiger partial charge in [-0.05, 0) is 37.8 Å². The number of imide groups is 1. The zero-order valence-corrected chi connectivity index (χ0v) is 16.5. The third-order valence-corrected chi connectivity index (χ3v) is 6.47. The summed E-state index contributed by atoms with van der Waals surface area (Å²) in [5.41, 5.74) is -0.874. The molecule has 2 fully saturated rings. The van der Waals surface area contributed by atoms with Crippen molar-refractivity contribution >= 4 is 29.6 Å². The van der Waals surface area contributed by atoms with E-state index in [1.165, 1.54) is 6.42 Å². The molecule has 1 saturated carbocycles. The van der Waals surface area contributed by atoms with Crippen LogP contribution >= 0.6 is 11.8 Å². The van der Waals surface area contributed by atoms with Crippen LogP contribution in [0, 0.1) is 5.92 Å². The number of thioether (sulfide) groups is 1. The van der Waals surface area contributed by atoms with Crippen LogP contribution in [0.2, 0.25) is 0 Å². The first-order valence-electron chi connectivity index (χ1n) is 9.59. The van der Waals surface area contributed by atoms with Crippen LogP contribution in [-0.2, 0) is 9.59 Å². The Morgan fingerprint density at radius 2 is 1.93 bits per heavy atom. The lowest BCUT2D eigenvalue weighted by atomic mass is 9.75. The number of nitrogens with zero attached hydrogens (tertiary/aromatic N) is 1. The van der Waals surface area contributed by atoms with E-state index in [9.17, 15) is 14.4 Å². The van der Waals surface area contributed by atoms with E-state index in [0.717, 1.165) is 41.2 Å². The van der Waals surface area contributed by atoms with Crippen molar-refractivity contribution in [1.29, 1.82) is 0 Å². The van der Waals surface area contributed by atoms with Crippen LogP contribution < -0.4 is 10.6 Å². The zero-order chi connectivity index (χ0) is 19.3. The summed E-state index contributed by atoms with van der Waals surface area (Å²) < 4.78 is 0. The molecule has 0 bridgehead atoms. The summed E-state index contributed by atoms with van der Waals surface area (Å²) in [5.74, 6) is 0.307. The van der Waals surface area contributed by atoms with Gasteiger partial charge in [-0.2, -0.15) is 0 Å². The second-order valence-corrected chi connectivity index (χ2v) is 8.54. The molecule has 2 aliphatic rings. The Labute approximate surface area is 164 Å². The van der Waals surface area contributed by atoms with Gasteiger partial charge in [0.25, 0.3) is 5.91 Å². The van der Waals surface area contributed by atoms with E-state index >= 15 is 0 Å². The predicted molar refractivity (Wildman–Crippen MR) is 105 cm³/mol. The van der Waals surface area contributed by atoms with Gasteiger partial charge in [0.2, 0.25) is 5.91 Å². The van der Waals surface area contributed by atoms with Gasteiger partial charge in [0.1, 0.15) is 12.1 Å². The third kappa shape index (κ3) is 4.64. The van der Waals surface area contributed by atoms with Gasteiger partial charge in [0, 0.05) is 17.2 Å². The molecular weight excluding hydrogens is 362 g/mol. The zero-order valence-electron chi connectivity index (χ0n) is 15.7. The number of hydrogen-bond acceptors (Lipinski definition) is 4. The molecule has 3 rings (SSSR count). The Kier molecular flexibility index (Phi) is 6.42. The molecule has 146 valence electrons. The maximum atomic E-state index is 12.8. The van der Waals surface area contributed by atoms with Crippen molar-refractivity contribution < 1.29 is 14.4 Å². The van der Waals surface area contributed by atoms with Crippen molar-refractivity contribution in [2.24, 2.45) is 5.92 Å². The van der Waals surface area contributed by atoms with Crippen molar-refractivity contribution in [3.63, 3.8) is 0 Å². The average Bonchev–Trinajstić information content (AvgIpc) is 2.91. The molecule has 1 aromatic carbocycles. The van der Waals surface area contributed by atoms with Gasteiger partial charge in [-0.15, -0.1) is 11.8 Å². The number of hydrogen-bond donors (Lipinski definition) is 2. The van der Waals surface area contributed by atoms with Crippen LogP contribution in [0.3, 0.4) is 0 Å². The molecule has 0 spiro atoms.